The Morgan fingerprint density at radius 1 is 1.18 bits per heavy atom. The van der Waals surface area contributed by atoms with Crippen LogP contribution in [0.1, 0.15) is 13.8 Å². The number of aliphatic imine (C=N–C) groups is 1. The quantitative estimate of drug-likeness (QED) is 0.737. The molecule has 0 spiro atoms. The summed E-state index contributed by atoms with van der Waals surface area (Å²) >= 11 is 7.56. The number of carbonyl (C=O) groups is 1. The van der Waals surface area contributed by atoms with Crippen LogP contribution >= 0.6 is 23.4 Å². The maximum absolute atomic E-state index is 11.9. The minimum Gasteiger partial charge on any atom is -0.368 e. The van der Waals surface area contributed by atoms with E-state index < -0.39 is 0 Å². The number of carbonyl (C=O) groups excluding carboxylic acids is 1. The minimum atomic E-state index is -0.0997. The summed E-state index contributed by atoms with van der Waals surface area (Å²) in [7, 11) is 0. The van der Waals surface area contributed by atoms with Crippen LogP contribution in [0.15, 0.2) is 39.7 Å². The van der Waals surface area contributed by atoms with Crippen LogP contribution in [0.3, 0.4) is 0 Å². The zero-order chi connectivity index (χ0) is 15.7. The third kappa shape index (κ3) is 3.15. The molecule has 3 rings (SSSR count). The fraction of sp³-hybridized carbons (Fsp3) is 0.375. The molecule has 0 radical (unpaired) electrons. The Balaban J connectivity index is 1.65. The Kier molecular flexibility index (Phi) is 4.45. The highest BCUT2D eigenvalue weighted by molar-refractivity contribution is 8.18. The van der Waals surface area contributed by atoms with Gasteiger partial charge in [0.2, 0.25) is 0 Å². The lowest BCUT2D eigenvalue weighted by Crippen LogP contribution is -2.47. The average Bonchev–Trinajstić information content (AvgIpc) is 2.90. The monoisotopic (exact) mass is 335 g/mol. The van der Waals surface area contributed by atoms with Crippen LogP contribution in [-0.4, -0.2) is 42.2 Å². The number of halogens is 1. The first-order chi connectivity index (χ1) is 10.5. The molecule has 2 aliphatic heterocycles. The standard InChI is InChI=1S/C16H18ClN3OS/c1-11(2)14-15(21)18-16(22-14)20-8-6-19(7-9-20)13-5-3-4-12(17)10-13/h3-5,10H,6-9H2,1-2H3. The number of hydrogen-bond donors (Lipinski definition) is 0. The summed E-state index contributed by atoms with van der Waals surface area (Å²) in [6.45, 7) is 7.44. The number of allylic oxidation sites excluding steroid dienone is 1. The van der Waals surface area contributed by atoms with Gasteiger partial charge >= 0.3 is 0 Å². The summed E-state index contributed by atoms with van der Waals surface area (Å²) in [4.78, 5) is 21.3. The average molecular weight is 336 g/mol. The van der Waals surface area contributed by atoms with Gasteiger partial charge in [-0.2, -0.15) is 4.99 Å². The lowest BCUT2D eigenvalue weighted by Gasteiger charge is -2.36. The predicted molar refractivity (Wildman–Crippen MR) is 93.6 cm³/mol. The molecule has 1 aromatic carbocycles. The summed E-state index contributed by atoms with van der Waals surface area (Å²) < 4.78 is 0. The van der Waals surface area contributed by atoms with Crippen molar-refractivity contribution in [3.8, 4) is 0 Å². The molecule has 1 fully saturated rings. The molecule has 6 heteroatoms. The molecular weight excluding hydrogens is 318 g/mol. The number of amidine groups is 1. The van der Waals surface area contributed by atoms with Gasteiger partial charge in [0.05, 0.1) is 4.91 Å². The number of anilines is 1. The van der Waals surface area contributed by atoms with E-state index in [0.29, 0.717) is 0 Å². The van der Waals surface area contributed by atoms with E-state index in [4.69, 9.17) is 11.6 Å². The van der Waals surface area contributed by atoms with E-state index in [-0.39, 0.29) is 5.91 Å². The van der Waals surface area contributed by atoms with Crippen LogP contribution in [0.4, 0.5) is 5.69 Å². The SMILES string of the molecule is CC(C)=C1SC(N2CCN(c3cccc(Cl)c3)CC2)=NC1=O. The second-order valence-corrected chi connectivity index (χ2v) is 7.00. The fourth-order valence-electron chi connectivity index (χ4n) is 2.58. The van der Waals surface area contributed by atoms with Gasteiger partial charge in [0.25, 0.3) is 5.91 Å². The molecule has 0 atom stereocenters. The van der Waals surface area contributed by atoms with Crippen molar-refractivity contribution in [2.24, 2.45) is 4.99 Å². The van der Waals surface area contributed by atoms with Gasteiger partial charge in [-0.15, -0.1) is 0 Å². The van der Waals surface area contributed by atoms with Gasteiger partial charge in [-0.1, -0.05) is 23.2 Å². The largest absolute Gasteiger partial charge is 0.368 e. The van der Waals surface area contributed by atoms with Crippen LogP contribution in [0.5, 0.6) is 0 Å². The third-order valence-corrected chi connectivity index (χ3v) is 5.32. The lowest BCUT2D eigenvalue weighted by molar-refractivity contribution is -0.113. The van der Waals surface area contributed by atoms with E-state index in [1.807, 2.05) is 32.0 Å². The smallest absolute Gasteiger partial charge is 0.286 e. The van der Waals surface area contributed by atoms with Gasteiger partial charge in [0.1, 0.15) is 0 Å². The molecule has 2 aliphatic rings. The molecule has 4 nitrogen and oxygen atoms in total. The molecule has 0 saturated carbocycles. The van der Waals surface area contributed by atoms with E-state index in [1.54, 1.807) is 0 Å². The third-order valence-electron chi connectivity index (χ3n) is 3.76. The Hall–Kier alpha value is -1.46. The molecule has 0 N–H and O–H groups in total. The molecule has 0 unspecified atom stereocenters. The summed E-state index contributed by atoms with van der Waals surface area (Å²) in [5.74, 6) is -0.0997. The van der Waals surface area contributed by atoms with Crippen molar-refractivity contribution < 1.29 is 4.79 Å². The van der Waals surface area contributed by atoms with Gasteiger partial charge in [-0.25, -0.2) is 0 Å². The van der Waals surface area contributed by atoms with Crippen molar-refractivity contribution in [2.45, 2.75) is 13.8 Å². The Morgan fingerprint density at radius 2 is 1.86 bits per heavy atom. The van der Waals surface area contributed by atoms with Crippen LogP contribution < -0.4 is 4.90 Å². The van der Waals surface area contributed by atoms with E-state index in [2.05, 4.69) is 20.9 Å². The number of rotatable bonds is 1. The number of piperazine rings is 1. The zero-order valence-electron chi connectivity index (χ0n) is 12.7. The first kappa shape index (κ1) is 15.4. The second-order valence-electron chi connectivity index (χ2n) is 5.58. The number of amides is 1. The van der Waals surface area contributed by atoms with Crippen molar-refractivity contribution in [2.75, 3.05) is 31.1 Å². The van der Waals surface area contributed by atoms with Gasteiger partial charge in [0.15, 0.2) is 5.17 Å². The molecule has 1 aromatic rings. The van der Waals surface area contributed by atoms with Crippen molar-refractivity contribution in [3.63, 3.8) is 0 Å². The first-order valence-electron chi connectivity index (χ1n) is 7.28. The molecule has 1 amide bonds. The van der Waals surface area contributed by atoms with E-state index in [9.17, 15) is 4.79 Å². The predicted octanol–water partition coefficient (Wildman–Crippen LogP) is 3.39. The maximum atomic E-state index is 11.9. The molecule has 0 aliphatic carbocycles. The van der Waals surface area contributed by atoms with Crippen molar-refractivity contribution in [3.05, 3.63) is 39.8 Å². The normalized spacial score (nSPS) is 18.8. The van der Waals surface area contributed by atoms with Gasteiger partial charge < -0.3 is 9.80 Å². The van der Waals surface area contributed by atoms with Crippen LogP contribution in [-0.2, 0) is 4.79 Å². The van der Waals surface area contributed by atoms with E-state index >= 15 is 0 Å². The minimum absolute atomic E-state index is 0.0997. The Morgan fingerprint density at radius 3 is 2.45 bits per heavy atom. The van der Waals surface area contributed by atoms with Crippen LogP contribution in [0, 0.1) is 0 Å². The summed E-state index contributed by atoms with van der Waals surface area (Å²) in [6, 6.07) is 7.93. The summed E-state index contributed by atoms with van der Waals surface area (Å²) in [5, 5.41) is 1.60. The lowest BCUT2D eigenvalue weighted by atomic mass is 10.2. The molecule has 2 heterocycles. The molecular formula is C16H18ClN3OS. The van der Waals surface area contributed by atoms with E-state index in [0.717, 1.165) is 52.5 Å². The van der Waals surface area contributed by atoms with Gasteiger partial charge in [0, 0.05) is 36.9 Å². The van der Waals surface area contributed by atoms with Crippen LogP contribution in [0.2, 0.25) is 5.02 Å². The molecule has 0 bridgehead atoms. The number of benzene rings is 1. The molecule has 116 valence electrons. The van der Waals surface area contributed by atoms with Crippen molar-refractivity contribution >= 4 is 40.1 Å². The highest BCUT2D eigenvalue weighted by atomic mass is 35.5. The van der Waals surface area contributed by atoms with Crippen molar-refractivity contribution in [1.29, 1.82) is 0 Å². The number of nitrogens with zero attached hydrogens (tertiary/aromatic N) is 3. The fourth-order valence-corrected chi connectivity index (χ4v) is 3.72. The highest BCUT2D eigenvalue weighted by Crippen LogP contribution is 2.31. The van der Waals surface area contributed by atoms with Gasteiger partial charge in [-0.05, 0) is 43.8 Å². The Bertz CT molecular complexity index is 659. The zero-order valence-corrected chi connectivity index (χ0v) is 14.2. The van der Waals surface area contributed by atoms with Crippen LogP contribution in [0.25, 0.3) is 0 Å². The number of hydrogen-bond acceptors (Lipinski definition) is 4. The second kappa shape index (κ2) is 6.34. The molecule has 0 aromatic heterocycles. The van der Waals surface area contributed by atoms with E-state index in [1.165, 1.54) is 11.8 Å². The first-order valence-corrected chi connectivity index (χ1v) is 8.48. The topological polar surface area (TPSA) is 35.9 Å². The van der Waals surface area contributed by atoms with Gasteiger partial charge in [-0.3, -0.25) is 4.79 Å². The molecule has 1 saturated heterocycles. The molecule has 22 heavy (non-hydrogen) atoms. The summed E-state index contributed by atoms with van der Waals surface area (Å²) in [5.41, 5.74) is 2.18. The number of thioether (sulfide) groups is 1. The van der Waals surface area contributed by atoms with Crippen molar-refractivity contribution in [1.82, 2.24) is 4.90 Å². The Labute approximate surface area is 139 Å². The summed E-state index contributed by atoms with van der Waals surface area (Å²) in [6.07, 6.45) is 0. The maximum Gasteiger partial charge on any atom is 0.286 e. The highest BCUT2D eigenvalue weighted by Gasteiger charge is 2.29.